The lowest BCUT2D eigenvalue weighted by Gasteiger charge is -2.30. The van der Waals surface area contributed by atoms with Crippen molar-refractivity contribution in [2.75, 3.05) is 0 Å². The molecule has 19 heavy (non-hydrogen) atoms. The Bertz CT molecular complexity index is 639. The van der Waals surface area contributed by atoms with Crippen molar-refractivity contribution in [2.45, 2.75) is 43.2 Å². The lowest BCUT2D eigenvalue weighted by molar-refractivity contribution is 0.341. The number of aryl methyl sites for hydroxylation is 1. The maximum absolute atomic E-state index is 13.3. The molecule has 0 unspecified atom stereocenters. The first-order valence-electron chi connectivity index (χ1n) is 6.46. The summed E-state index contributed by atoms with van der Waals surface area (Å²) >= 11 is 0. The molecule has 102 valence electrons. The number of sulfonamides is 1. The molecule has 0 N–H and O–H groups in total. The van der Waals surface area contributed by atoms with Gasteiger partial charge in [-0.25, -0.2) is 12.8 Å². The van der Waals surface area contributed by atoms with Gasteiger partial charge in [0.1, 0.15) is 5.82 Å². The topological polar surface area (TPSA) is 37.4 Å². The monoisotopic (exact) mass is 281 g/mol. The molecule has 0 aliphatic carbocycles. The van der Waals surface area contributed by atoms with E-state index in [9.17, 15) is 12.8 Å². The Morgan fingerprint density at radius 3 is 2.79 bits per heavy atom. The lowest BCUT2D eigenvalue weighted by atomic mass is 10.2. The van der Waals surface area contributed by atoms with Crippen LogP contribution in [-0.4, -0.2) is 24.8 Å². The predicted molar refractivity (Wildman–Crippen MR) is 70.7 cm³/mol. The van der Waals surface area contributed by atoms with E-state index in [4.69, 9.17) is 0 Å². The van der Waals surface area contributed by atoms with Crippen molar-refractivity contribution in [1.29, 1.82) is 0 Å². The fourth-order valence-corrected chi connectivity index (χ4v) is 4.88. The smallest absolute Gasteiger partial charge is 0.207 e. The highest BCUT2D eigenvalue weighted by Gasteiger charge is 2.42. The van der Waals surface area contributed by atoms with Gasteiger partial charge in [0.15, 0.2) is 0 Å². The van der Waals surface area contributed by atoms with Gasteiger partial charge in [0.25, 0.3) is 0 Å². The van der Waals surface area contributed by atoms with Crippen LogP contribution in [0.25, 0.3) is 0 Å². The summed E-state index contributed by atoms with van der Waals surface area (Å²) < 4.78 is 40.2. The normalized spacial score (nSPS) is 26.8. The molecule has 2 bridgehead atoms. The molecule has 2 heterocycles. The fourth-order valence-electron chi connectivity index (χ4n) is 2.96. The van der Waals surface area contributed by atoms with Crippen LogP contribution in [0.3, 0.4) is 0 Å². The summed E-state index contributed by atoms with van der Waals surface area (Å²) in [6, 6.07) is 4.03. The minimum absolute atomic E-state index is 0.0332. The molecule has 0 aromatic heterocycles. The highest BCUT2D eigenvalue weighted by molar-refractivity contribution is 7.89. The van der Waals surface area contributed by atoms with Crippen LogP contribution in [0.1, 0.15) is 24.8 Å². The van der Waals surface area contributed by atoms with E-state index in [1.807, 2.05) is 6.08 Å². The largest absolute Gasteiger partial charge is 0.243 e. The van der Waals surface area contributed by atoms with Gasteiger partial charge in [-0.15, -0.1) is 0 Å². The molecule has 0 spiro atoms. The summed E-state index contributed by atoms with van der Waals surface area (Å²) in [5.41, 5.74) is 0.362. The first-order valence-corrected chi connectivity index (χ1v) is 7.90. The van der Waals surface area contributed by atoms with Crippen molar-refractivity contribution < 1.29 is 12.8 Å². The Hall–Kier alpha value is -1.20. The molecule has 0 radical (unpaired) electrons. The molecule has 1 saturated heterocycles. The maximum atomic E-state index is 13.3. The molecule has 2 atom stereocenters. The summed E-state index contributed by atoms with van der Waals surface area (Å²) in [7, 11) is -3.52. The van der Waals surface area contributed by atoms with Crippen molar-refractivity contribution in [3.8, 4) is 0 Å². The van der Waals surface area contributed by atoms with Gasteiger partial charge in [-0.3, -0.25) is 0 Å². The third kappa shape index (κ3) is 2.01. The number of benzene rings is 1. The van der Waals surface area contributed by atoms with Crippen LogP contribution in [0, 0.1) is 12.7 Å². The highest BCUT2D eigenvalue weighted by atomic mass is 32.2. The molecule has 3 nitrogen and oxygen atoms in total. The number of hydrogen-bond donors (Lipinski definition) is 0. The summed E-state index contributed by atoms with van der Waals surface area (Å²) in [5.74, 6) is -0.375. The summed E-state index contributed by atoms with van der Waals surface area (Å²) in [5, 5.41) is 0. The Kier molecular flexibility index (Phi) is 2.98. The summed E-state index contributed by atoms with van der Waals surface area (Å²) in [6.07, 6.45) is 6.58. The van der Waals surface area contributed by atoms with Crippen molar-refractivity contribution >= 4 is 10.0 Å². The second-order valence-electron chi connectivity index (χ2n) is 5.21. The molecule has 0 saturated carbocycles. The Labute approximate surface area is 112 Å². The van der Waals surface area contributed by atoms with Crippen LogP contribution >= 0.6 is 0 Å². The third-order valence-electron chi connectivity index (χ3n) is 3.95. The zero-order valence-corrected chi connectivity index (χ0v) is 11.5. The molecule has 2 aliphatic heterocycles. The number of fused-ring (bicyclic) bond motifs is 2. The van der Waals surface area contributed by atoms with Crippen molar-refractivity contribution in [3.05, 3.63) is 41.7 Å². The zero-order chi connectivity index (χ0) is 13.6. The molecule has 0 amide bonds. The van der Waals surface area contributed by atoms with Crippen LogP contribution in [0.15, 0.2) is 35.2 Å². The van der Waals surface area contributed by atoms with Crippen LogP contribution in [0.5, 0.6) is 0 Å². The molecule has 1 aromatic rings. The fraction of sp³-hybridized carbons (Fsp3) is 0.429. The van der Waals surface area contributed by atoms with E-state index in [1.165, 1.54) is 18.2 Å². The Morgan fingerprint density at radius 2 is 2.11 bits per heavy atom. The van der Waals surface area contributed by atoms with Gasteiger partial charge >= 0.3 is 0 Å². The lowest BCUT2D eigenvalue weighted by Crippen LogP contribution is -2.42. The number of halogens is 1. The van der Waals surface area contributed by atoms with E-state index < -0.39 is 10.0 Å². The van der Waals surface area contributed by atoms with Gasteiger partial charge in [0.2, 0.25) is 10.0 Å². The van der Waals surface area contributed by atoms with Crippen LogP contribution in [0.4, 0.5) is 4.39 Å². The second-order valence-corrected chi connectivity index (χ2v) is 7.05. The highest BCUT2D eigenvalue weighted by Crippen LogP contribution is 2.36. The molecular formula is C14H16FNO2S. The minimum Gasteiger partial charge on any atom is -0.207 e. The van der Waals surface area contributed by atoms with Gasteiger partial charge < -0.3 is 0 Å². The minimum atomic E-state index is -3.52. The van der Waals surface area contributed by atoms with Gasteiger partial charge in [0.05, 0.1) is 4.90 Å². The van der Waals surface area contributed by atoms with Gasteiger partial charge in [-0.2, -0.15) is 4.31 Å². The van der Waals surface area contributed by atoms with Gasteiger partial charge in [-0.1, -0.05) is 12.2 Å². The predicted octanol–water partition coefficient (Wildman–Crippen LogP) is 2.62. The van der Waals surface area contributed by atoms with E-state index in [0.29, 0.717) is 5.56 Å². The zero-order valence-electron chi connectivity index (χ0n) is 10.7. The van der Waals surface area contributed by atoms with Crippen LogP contribution < -0.4 is 0 Å². The molecule has 5 heteroatoms. The van der Waals surface area contributed by atoms with E-state index in [-0.39, 0.29) is 22.8 Å². The molecule has 2 aliphatic rings. The SMILES string of the molecule is Cc1cc(S(=O)(=O)N2[C@H]3CC=C[C@H]2CC3)ccc1F. The van der Waals surface area contributed by atoms with Crippen LogP contribution in [-0.2, 0) is 10.0 Å². The van der Waals surface area contributed by atoms with Gasteiger partial charge in [-0.05, 0) is 49.9 Å². The average molecular weight is 281 g/mol. The average Bonchev–Trinajstić information content (AvgIpc) is 2.64. The number of hydrogen-bond acceptors (Lipinski definition) is 2. The van der Waals surface area contributed by atoms with E-state index in [0.717, 1.165) is 19.3 Å². The van der Waals surface area contributed by atoms with E-state index >= 15 is 0 Å². The van der Waals surface area contributed by atoms with Crippen molar-refractivity contribution in [3.63, 3.8) is 0 Å². The molecule has 1 fully saturated rings. The quantitative estimate of drug-likeness (QED) is 0.781. The number of rotatable bonds is 2. The molecular weight excluding hydrogens is 265 g/mol. The first kappa shape index (κ1) is 12.8. The standard InChI is InChI=1S/C14H16FNO2S/c1-10-9-13(7-8-14(10)15)19(17,18)16-11-3-2-4-12(16)6-5-11/h2-3,7-9,11-12H,4-6H2,1H3/t11-,12-/m0/s1. The number of nitrogens with zero attached hydrogens (tertiary/aromatic N) is 1. The first-order chi connectivity index (χ1) is 9.00. The third-order valence-corrected chi connectivity index (χ3v) is 5.93. The molecule has 1 aromatic carbocycles. The van der Waals surface area contributed by atoms with Gasteiger partial charge in [0, 0.05) is 12.1 Å². The van der Waals surface area contributed by atoms with Crippen LogP contribution in [0.2, 0.25) is 0 Å². The molecule has 3 rings (SSSR count). The van der Waals surface area contributed by atoms with Crippen molar-refractivity contribution in [1.82, 2.24) is 4.31 Å². The second kappa shape index (κ2) is 4.42. The summed E-state index contributed by atoms with van der Waals surface area (Å²) in [4.78, 5) is 0.193. The Balaban J connectivity index is 2.03. The van der Waals surface area contributed by atoms with Crippen molar-refractivity contribution in [2.24, 2.45) is 0 Å². The van der Waals surface area contributed by atoms with E-state index in [2.05, 4.69) is 6.08 Å². The Morgan fingerprint density at radius 1 is 1.32 bits per heavy atom. The maximum Gasteiger partial charge on any atom is 0.243 e. The summed E-state index contributed by atoms with van der Waals surface area (Å²) in [6.45, 7) is 1.58. The van der Waals surface area contributed by atoms with E-state index in [1.54, 1.807) is 11.2 Å².